The lowest BCUT2D eigenvalue weighted by Gasteiger charge is -2.53. The summed E-state index contributed by atoms with van der Waals surface area (Å²) in [5.74, 6) is 1.32. The number of rotatable bonds is 4. The quantitative estimate of drug-likeness (QED) is 0.631. The Morgan fingerprint density at radius 1 is 1.25 bits per heavy atom. The van der Waals surface area contributed by atoms with E-state index in [9.17, 15) is 4.79 Å². The Morgan fingerprint density at radius 2 is 2.00 bits per heavy atom. The van der Waals surface area contributed by atoms with Crippen molar-refractivity contribution < 1.29 is 14.7 Å². The molecule has 0 radical (unpaired) electrons. The number of hydrogen-bond donors (Lipinski definition) is 3. The standard InChI is InChI=1S/C23H33N5O.CH2O2/c1-27-14-12-23(22(29)24-17-7-2-3-8-17)11-6-13-28(20(23)15-27)16-21-25-18-9-4-5-10-19(18)26-21;2-1-3/h4-5,9-10,17,20H,2-3,6-8,11-16H2,1H3,(H,24,29)(H,25,26);1H,(H,2,3)/t20-,23+;/m0./s1. The predicted octanol–water partition coefficient (Wildman–Crippen LogP) is 2.61. The highest BCUT2D eigenvalue weighted by Crippen LogP contribution is 2.43. The lowest BCUT2D eigenvalue weighted by atomic mass is 9.67. The summed E-state index contributed by atoms with van der Waals surface area (Å²) in [6.07, 6.45) is 7.86. The van der Waals surface area contributed by atoms with Gasteiger partial charge < -0.3 is 20.3 Å². The fourth-order valence-electron chi connectivity index (χ4n) is 5.87. The minimum atomic E-state index is -0.251. The van der Waals surface area contributed by atoms with Crippen molar-refractivity contribution >= 4 is 23.4 Å². The average molecular weight is 442 g/mol. The molecule has 0 bridgehead atoms. The van der Waals surface area contributed by atoms with Crippen LogP contribution in [-0.2, 0) is 16.1 Å². The molecule has 3 fully saturated rings. The third kappa shape index (κ3) is 4.66. The van der Waals surface area contributed by atoms with E-state index in [0.29, 0.717) is 11.9 Å². The smallest absolute Gasteiger partial charge is 0.290 e. The Bertz CT molecular complexity index is 892. The van der Waals surface area contributed by atoms with Gasteiger partial charge in [-0.05, 0) is 64.4 Å². The number of fused-ring (bicyclic) bond motifs is 2. The third-order valence-corrected chi connectivity index (χ3v) is 7.50. The first kappa shape index (κ1) is 22.7. The zero-order valence-corrected chi connectivity index (χ0v) is 18.9. The third-order valence-electron chi connectivity index (χ3n) is 7.50. The molecule has 0 spiro atoms. The molecule has 8 nitrogen and oxygen atoms in total. The van der Waals surface area contributed by atoms with Crippen molar-refractivity contribution in [1.29, 1.82) is 0 Å². The SMILES string of the molecule is CN1CC[C@]2(C(=O)NC3CCCC3)CCCN(Cc3nc4ccccc4[nH]3)[C@H]2C1.O=CO. The monoisotopic (exact) mass is 441 g/mol. The molecule has 1 aromatic heterocycles. The number of imidazole rings is 1. The highest BCUT2D eigenvalue weighted by atomic mass is 16.3. The molecule has 3 N–H and O–H groups in total. The number of piperidine rings is 2. The van der Waals surface area contributed by atoms with Gasteiger partial charge in [0.15, 0.2) is 0 Å². The maximum absolute atomic E-state index is 13.6. The van der Waals surface area contributed by atoms with Crippen LogP contribution in [0.2, 0.25) is 0 Å². The molecule has 1 saturated carbocycles. The largest absolute Gasteiger partial charge is 0.483 e. The van der Waals surface area contributed by atoms with Crippen LogP contribution in [0.25, 0.3) is 11.0 Å². The van der Waals surface area contributed by atoms with Gasteiger partial charge in [-0.1, -0.05) is 25.0 Å². The second kappa shape index (κ2) is 10.0. The fraction of sp³-hybridized carbons (Fsp3) is 0.625. The van der Waals surface area contributed by atoms with E-state index in [-0.39, 0.29) is 17.9 Å². The number of carbonyl (C=O) groups excluding carboxylic acids is 1. The number of H-pyrrole nitrogens is 1. The second-order valence-electron chi connectivity index (χ2n) is 9.52. The second-order valence-corrected chi connectivity index (χ2v) is 9.52. The van der Waals surface area contributed by atoms with E-state index < -0.39 is 0 Å². The van der Waals surface area contributed by atoms with Crippen molar-refractivity contribution in [3.8, 4) is 0 Å². The normalized spacial score (nSPS) is 26.8. The van der Waals surface area contributed by atoms with Crippen LogP contribution in [0.5, 0.6) is 0 Å². The van der Waals surface area contributed by atoms with Crippen LogP contribution < -0.4 is 5.32 Å². The number of hydrogen-bond acceptors (Lipinski definition) is 5. The van der Waals surface area contributed by atoms with Crippen LogP contribution in [0.4, 0.5) is 0 Å². The summed E-state index contributed by atoms with van der Waals surface area (Å²) in [5, 5.41) is 10.3. The summed E-state index contributed by atoms with van der Waals surface area (Å²) < 4.78 is 0. The molecule has 2 aromatic rings. The molecule has 32 heavy (non-hydrogen) atoms. The first-order chi connectivity index (χ1) is 15.6. The fourth-order valence-corrected chi connectivity index (χ4v) is 5.87. The Balaban J connectivity index is 0.000000775. The Kier molecular flexibility index (Phi) is 7.10. The highest BCUT2D eigenvalue weighted by Gasteiger charge is 2.52. The average Bonchev–Trinajstić information content (AvgIpc) is 3.44. The van der Waals surface area contributed by atoms with Gasteiger partial charge in [0, 0.05) is 18.6 Å². The number of likely N-dealkylation sites (tertiary alicyclic amines) is 2. The summed E-state index contributed by atoms with van der Waals surface area (Å²) in [5.41, 5.74) is 1.86. The number of amides is 1. The van der Waals surface area contributed by atoms with Gasteiger partial charge >= 0.3 is 0 Å². The Morgan fingerprint density at radius 3 is 2.75 bits per heavy atom. The molecule has 1 aromatic carbocycles. The minimum absolute atomic E-state index is 0.250. The van der Waals surface area contributed by atoms with Crippen LogP contribution >= 0.6 is 0 Å². The Labute approximate surface area is 189 Å². The molecule has 3 aliphatic rings. The van der Waals surface area contributed by atoms with Gasteiger partial charge in [0.25, 0.3) is 6.47 Å². The topological polar surface area (TPSA) is 102 Å². The van der Waals surface area contributed by atoms with Crippen LogP contribution in [0, 0.1) is 5.41 Å². The summed E-state index contributed by atoms with van der Waals surface area (Å²) in [6, 6.07) is 8.85. The molecule has 2 saturated heterocycles. The van der Waals surface area contributed by atoms with Gasteiger partial charge in [0.05, 0.1) is 23.0 Å². The number of benzene rings is 1. The van der Waals surface area contributed by atoms with E-state index >= 15 is 0 Å². The van der Waals surface area contributed by atoms with Crippen LogP contribution in [0.1, 0.15) is 50.8 Å². The van der Waals surface area contributed by atoms with Crippen LogP contribution in [0.3, 0.4) is 0 Å². The number of likely N-dealkylation sites (N-methyl/N-ethyl adjacent to an activating group) is 1. The zero-order chi connectivity index (χ0) is 22.6. The predicted molar refractivity (Wildman–Crippen MR) is 123 cm³/mol. The van der Waals surface area contributed by atoms with E-state index in [2.05, 4.69) is 39.3 Å². The highest BCUT2D eigenvalue weighted by molar-refractivity contribution is 5.84. The molecule has 1 amide bonds. The molecule has 1 aliphatic carbocycles. The molecule has 5 rings (SSSR count). The number of aromatic amines is 1. The lowest BCUT2D eigenvalue weighted by Crippen LogP contribution is -2.65. The van der Waals surface area contributed by atoms with Crippen molar-refractivity contribution in [2.45, 2.75) is 63.6 Å². The van der Waals surface area contributed by atoms with Crippen molar-refractivity contribution in [2.75, 3.05) is 26.7 Å². The van der Waals surface area contributed by atoms with Crippen molar-refractivity contribution in [1.82, 2.24) is 25.1 Å². The summed E-state index contributed by atoms with van der Waals surface area (Å²) in [7, 11) is 2.19. The molecule has 174 valence electrons. The Hall–Kier alpha value is -2.45. The van der Waals surface area contributed by atoms with Crippen molar-refractivity contribution in [3.05, 3.63) is 30.1 Å². The van der Waals surface area contributed by atoms with Gasteiger partial charge in [0.2, 0.25) is 5.91 Å². The van der Waals surface area contributed by atoms with Crippen LogP contribution in [0.15, 0.2) is 24.3 Å². The van der Waals surface area contributed by atoms with E-state index in [1.165, 1.54) is 12.8 Å². The number of nitrogens with one attached hydrogen (secondary N) is 2. The lowest BCUT2D eigenvalue weighted by molar-refractivity contribution is -0.145. The zero-order valence-electron chi connectivity index (χ0n) is 18.9. The number of carboxylic acid groups (broad SMARTS) is 1. The van der Waals surface area contributed by atoms with Crippen molar-refractivity contribution in [3.63, 3.8) is 0 Å². The number of carbonyl (C=O) groups is 2. The molecule has 2 aliphatic heterocycles. The first-order valence-electron chi connectivity index (χ1n) is 11.8. The maximum Gasteiger partial charge on any atom is 0.290 e. The van der Waals surface area contributed by atoms with E-state index in [1.54, 1.807) is 0 Å². The molecule has 3 heterocycles. The van der Waals surface area contributed by atoms with Crippen LogP contribution in [-0.4, -0.2) is 76.0 Å². The van der Waals surface area contributed by atoms with E-state index in [4.69, 9.17) is 14.9 Å². The summed E-state index contributed by atoms with van der Waals surface area (Å²) in [4.78, 5) is 35.1. The summed E-state index contributed by atoms with van der Waals surface area (Å²) in [6.45, 7) is 3.53. The first-order valence-corrected chi connectivity index (χ1v) is 11.8. The molecule has 2 atom stereocenters. The van der Waals surface area contributed by atoms with E-state index in [1.807, 2.05) is 12.1 Å². The van der Waals surface area contributed by atoms with Gasteiger partial charge in [-0.15, -0.1) is 0 Å². The molecule has 8 heteroatoms. The molecular formula is C24H35N5O3. The summed E-state index contributed by atoms with van der Waals surface area (Å²) >= 11 is 0. The van der Waals surface area contributed by atoms with Gasteiger partial charge in [-0.2, -0.15) is 0 Å². The maximum atomic E-state index is 13.6. The van der Waals surface area contributed by atoms with Crippen molar-refractivity contribution in [2.24, 2.45) is 5.41 Å². The van der Waals surface area contributed by atoms with E-state index in [0.717, 1.165) is 75.1 Å². The van der Waals surface area contributed by atoms with Gasteiger partial charge in [-0.3, -0.25) is 14.5 Å². The number of aromatic nitrogens is 2. The number of para-hydroxylation sites is 2. The van der Waals surface area contributed by atoms with Gasteiger partial charge in [0.1, 0.15) is 5.82 Å². The van der Waals surface area contributed by atoms with Gasteiger partial charge in [-0.25, -0.2) is 4.98 Å². The molecule has 0 unspecified atom stereocenters. The molecular weight excluding hydrogens is 406 g/mol. The number of nitrogens with zero attached hydrogens (tertiary/aromatic N) is 3. The minimum Gasteiger partial charge on any atom is -0.483 e.